The van der Waals surface area contributed by atoms with Crippen molar-refractivity contribution in [2.24, 2.45) is 0 Å². The van der Waals surface area contributed by atoms with Gasteiger partial charge in [0.25, 0.3) is 0 Å². The Labute approximate surface area is 125 Å². The average molecular weight is 289 g/mol. The molecule has 0 saturated heterocycles. The number of nitrogens with zero attached hydrogens (tertiary/aromatic N) is 2. The quantitative estimate of drug-likeness (QED) is 0.896. The van der Waals surface area contributed by atoms with E-state index in [9.17, 15) is 0 Å². The van der Waals surface area contributed by atoms with Gasteiger partial charge in [-0.1, -0.05) is 12.8 Å². The van der Waals surface area contributed by atoms with Gasteiger partial charge in [-0.3, -0.25) is 0 Å². The van der Waals surface area contributed by atoms with Gasteiger partial charge in [0.2, 0.25) is 5.95 Å². The fourth-order valence-corrected chi connectivity index (χ4v) is 4.22. The number of imidazole rings is 1. The maximum absolute atomic E-state index is 4.52. The molecule has 1 fully saturated rings. The van der Waals surface area contributed by atoms with Crippen molar-refractivity contribution >= 4 is 17.3 Å². The normalized spacial score (nSPS) is 17.6. The Kier molecular flexibility index (Phi) is 3.83. The van der Waals surface area contributed by atoms with Gasteiger partial charge in [-0.2, -0.15) is 0 Å². The summed E-state index contributed by atoms with van der Waals surface area (Å²) >= 11 is 1.88. The lowest BCUT2D eigenvalue weighted by Gasteiger charge is -2.19. The van der Waals surface area contributed by atoms with Gasteiger partial charge in [-0.05, 0) is 45.2 Å². The topological polar surface area (TPSA) is 29.9 Å². The molecule has 1 unspecified atom stereocenters. The molecular weight excluding hydrogens is 266 g/mol. The standard InChI is InChI=1S/C16H23N3S/c1-11-10-15(13(3)20-11)12(2)19-9-8-17-16(19)18-14-6-4-5-7-14/h8-10,12,14H,4-7H2,1-3H3,(H,17,18). The zero-order chi connectivity index (χ0) is 14.1. The van der Waals surface area contributed by atoms with Crippen LogP contribution in [-0.2, 0) is 0 Å². The molecule has 3 nitrogen and oxygen atoms in total. The predicted octanol–water partition coefficient (Wildman–Crippen LogP) is 4.53. The molecule has 2 heterocycles. The highest BCUT2D eigenvalue weighted by Gasteiger charge is 2.20. The van der Waals surface area contributed by atoms with Crippen LogP contribution in [0.4, 0.5) is 5.95 Å². The van der Waals surface area contributed by atoms with Crippen LogP contribution in [0.1, 0.15) is 54.0 Å². The molecule has 0 bridgehead atoms. The molecule has 1 aliphatic carbocycles. The summed E-state index contributed by atoms with van der Waals surface area (Å²) in [5.41, 5.74) is 1.42. The third-order valence-corrected chi connectivity index (χ3v) is 5.29. The molecule has 0 spiro atoms. The molecule has 1 saturated carbocycles. The maximum Gasteiger partial charge on any atom is 0.203 e. The molecule has 0 radical (unpaired) electrons. The predicted molar refractivity (Wildman–Crippen MR) is 85.7 cm³/mol. The van der Waals surface area contributed by atoms with Gasteiger partial charge < -0.3 is 9.88 Å². The molecule has 1 N–H and O–H groups in total. The zero-order valence-corrected chi connectivity index (χ0v) is 13.3. The van der Waals surface area contributed by atoms with Crippen molar-refractivity contribution < 1.29 is 0 Å². The van der Waals surface area contributed by atoms with Crippen molar-refractivity contribution in [3.63, 3.8) is 0 Å². The van der Waals surface area contributed by atoms with E-state index in [0.29, 0.717) is 12.1 Å². The van der Waals surface area contributed by atoms with E-state index in [1.165, 1.54) is 41.0 Å². The van der Waals surface area contributed by atoms with Crippen LogP contribution in [0.15, 0.2) is 18.5 Å². The number of anilines is 1. The fourth-order valence-electron chi connectivity index (χ4n) is 3.21. The number of thiophene rings is 1. The summed E-state index contributed by atoms with van der Waals surface area (Å²) in [6.07, 6.45) is 9.24. The first-order valence-corrected chi connectivity index (χ1v) is 8.33. The van der Waals surface area contributed by atoms with Crippen molar-refractivity contribution in [1.29, 1.82) is 0 Å². The third kappa shape index (κ3) is 2.62. The second kappa shape index (κ2) is 5.60. The van der Waals surface area contributed by atoms with E-state index < -0.39 is 0 Å². The van der Waals surface area contributed by atoms with E-state index in [1.807, 2.05) is 17.5 Å². The van der Waals surface area contributed by atoms with Crippen molar-refractivity contribution in [1.82, 2.24) is 9.55 Å². The van der Waals surface area contributed by atoms with Crippen LogP contribution in [0.3, 0.4) is 0 Å². The van der Waals surface area contributed by atoms with Gasteiger partial charge in [0.05, 0.1) is 6.04 Å². The third-order valence-electron chi connectivity index (χ3n) is 4.30. The van der Waals surface area contributed by atoms with Gasteiger partial charge in [0.1, 0.15) is 0 Å². The summed E-state index contributed by atoms with van der Waals surface area (Å²) in [7, 11) is 0. The largest absolute Gasteiger partial charge is 0.353 e. The van der Waals surface area contributed by atoms with E-state index in [-0.39, 0.29) is 0 Å². The van der Waals surface area contributed by atoms with Crippen LogP contribution in [-0.4, -0.2) is 15.6 Å². The maximum atomic E-state index is 4.52. The molecule has 1 atom stereocenters. The number of rotatable bonds is 4. The van der Waals surface area contributed by atoms with Crippen LogP contribution >= 0.6 is 11.3 Å². The van der Waals surface area contributed by atoms with Gasteiger partial charge in [0, 0.05) is 28.2 Å². The molecule has 108 valence electrons. The second-order valence-corrected chi connectivity index (χ2v) is 7.29. The average Bonchev–Trinajstić information content (AvgIpc) is 3.11. The lowest BCUT2D eigenvalue weighted by atomic mass is 10.1. The van der Waals surface area contributed by atoms with E-state index in [0.717, 1.165) is 5.95 Å². The van der Waals surface area contributed by atoms with Crippen molar-refractivity contribution in [2.45, 2.75) is 58.5 Å². The minimum absolute atomic E-state index is 0.339. The highest BCUT2D eigenvalue weighted by Crippen LogP contribution is 2.31. The summed E-state index contributed by atoms with van der Waals surface area (Å²) in [5, 5.41) is 3.62. The van der Waals surface area contributed by atoms with Gasteiger partial charge in [-0.25, -0.2) is 4.98 Å². The Hall–Kier alpha value is -1.29. The summed E-state index contributed by atoms with van der Waals surface area (Å²) in [5.74, 6) is 1.02. The Bertz CT molecular complexity index is 578. The molecule has 2 aromatic rings. The zero-order valence-electron chi connectivity index (χ0n) is 12.5. The summed E-state index contributed by atoms with van der Waals surface area (Å²) in [6.45, 7) is 6.65. The minimum atomic E-state index is 0.339. The van der Waals surface area contributed by atoms with Gasteiger partial charge in [0.15, 0.2) is 0 Å². The highest BCUT2D eigenvalue weighted by atomic mass is 32.1. The van der Waals surface area contributed by atoms with Crippen LogP contribution < -0.4 is 5.32 Å². The molecule has 1 aliphatic rings. The second-order valence-electron chi connectivity index (χ2n) is 5.83. The summed E-state index contributed by atoms with van der Waals surface area (Å²) < 4.78 is 2.27. The van der Waals surface area contributed by atoms with Crippen molar-refractivity contribution in [3.05, 3.63) is 33.8 Å². The molecule has 0 aromatic carbocycles. The lowest BCUT2D eigenvalue weighted by molar-refractivity contribution is 0.629. The Balaban J connectivity index is 1.83. The molecular formula is C16H23N3S. The Morgan fingerprint density at radius 1 is 1.35 bits per heavy atom. The van der Waals surface area contributed by atoms with Crippen LogP contribution in [0.25, 0.3) is 0 Å². The van der Waals surface area contributed by atoms with E-state index in [4.69, 9.17) is 0 Å². The number of hydrogen-bond donors (Lipinski definition) is 1. The SMILES string of the molecule is Cc1cc(C(C)n2ccnc2NC2CCCC2)c(C)s1. The Morgan fingerprint density at radius 3 is 2.75 bits per heavy atom. The van der Waals surface area contributed by atoms with Crippen molar-refractivity contribution in [3.8, 4) is 0 Å². The molecule has 20 heavy (non-hydrogen) atoms. The highest BCUT2D eigenvalue weighted by molar-refractivity contribution is 7.12. The molecule has 4 heteroatoms. The lowest BCUT2D eigenvalue weighted by Crippen LogP contribution is -2.19. The number of nitrogens with one attached hydrogen (secondary N) is 1. The first-order valence-electron chi connectivity index (χ1n) is 7.51. The molecule has 0 amide bonds. The smallest absolute Gasteiger partial charge is 0.203 e. The first-order chi connectivity index (χ1) is 9.65. The van der Waals surface area contributed by atoms with E-state index in [2.05, 4.69) is 47.9 Å². The molecule has 2 aromatic heterocycles. The van der Waals surface area contributed by atoms with Gasteiger partial charge in [-0.15, -0.1) is 11.3 Å². The Morgan fingerprint density at radius 2 is 2.10 bits per heavy atom. The fraction of sp³-hybridized carbons (Fsp3) is 0.562. The van der Waals surface area contributed by atoms with E-state index >= 15 is 0 Å². The first kappa shape index (κ1) is 13.7. The van der Waals surface area contributed by atoms with Crippen molar-refractivity contribution in [2.75, 3.05) is 5.32 Å². The monoisotopic (exact) mass is 289 g/mol. The number of aryl methyl sites for hydroxylation is 2. The van der Waals surface area contributed by atoms with Crippen LogP contribution in [0.5, 0.6) is 0 Å². The summed E-state index contributed by atoms with van der Waals surface area (Å²) in [4.78, 5) is 7.31. The number of aromatic nitrogens is 2. The van der Waals surface area contributed by atoms with Crippen LogP contribution in [0, 0.1) is 13.8 Å². The van der Waals surface area contributed by atoms with Gasteiger partial charge >= 0.3 is 0 Å². The molecule has 3 rings (SSSR count). The molecule has 0 aliphatic heterocycles. The minimum Gasteiger partial charge on any atom is -0.353 e. The van der Waals surface area contributed by atoms with E-state index in [1.54, 1.807) is 0 Å². The number of hydrogen-bond acceptors (Lipinski definition) is 3. The summed E-state index contributed by atoms with van der Waals surface area (Å²) in [6, 6.07) is 3.25. The van der Waals surface area contributed by atoms with Crippen LogP contribution in [0.2, 0.25) is 0 Å².